The number of anilines is 1. The zero-order valence-corrected chi connectivity index (χ0v) is 13.9. The van der Waals surface area contributed by atoms with Crippen molar-refractivity contribution in [2.75, 3.05) is 12.4 Å². The Hall–Kier alpha value is -3.41. The molecule has 2 aromatic carbocycles. The topological polar surface area (TPSA) is 50.7 Å². The van der Waals surface area contributed by atoms with E-state index in [0.717, 1.165) is 5.56 Å². The van der Waals surface area contributed by atoms with Crippen LogP contribution in [0.1, 0.15) is 0 Å². The van der Waals surface area contributed by atoms with Gasteiger partial charge in [-0.15, -0.1) is 0 Å². The molecule has 0 aliphatic carbocycles. The molecule has 0 bridgehead atoms. The first-order chi connectivity index (χ1) is 12.7. The third-order valence-corrected chi connectivity index (χ3v) is 4.11. The van der Waals surface area contributed by atoms with Crippen molar-refractivity contribution in [2.24, 2.45) is 0 Å². The average molecular weight is 348 g/mol. The minimum absolute atomic E-state index is 0.171. The molecule has 4 nitrogen and oxygen atoms in total. The Kier molecular flexibility index (Phi) is 4.01. The van der Waals surface area contributed by atoms with Crippen LogP contribution in [0.5, 0.6) is 0 Å². The van der Waals surface area contributed by atoms with Crippen LogP contribution in [-0.2, 0) is 0 Å². The van der Waals surface area contributed by atoms with Gasteiger partial charge in [-0.05, 0) is 24.3 Å². The zero-order valence-electron chi connectivity index (χ0n) is 13.9. The van der Waals surface area contributed by atoms with Gasteiger partial charge >= 0.3 is 0 Å². The molecule has 2 heterocycles. The van der Waals surface area contributed by atoms with Crippen LogP contribution in [0.2, 0.25) is 0 Å². The zero-order chi connectivity index (χ0) is 18.1. The van der Waals surface area contributed by atoms with Gasteiger partial charge in [-0.2, -0.15) is 0 Å². The van der Waals surface area contributed by atoms with Crippen LogP contribution in [0.25, 0.3) is 33.4 Å². The Bertz CT molecular complexity index is 1100. The van der Waals surface area contributed by atoms with E-state index < -0.39 is 11.6 Å². The van der Waals surface area contributed by atoms with E-state index in [1.165, 1.54) is 12.1 Å². The van der Waals surface area contributed by atoms with E-state index >= 15 is 0 Å². The smallest absolute Gasteiger partial charge is 0.163 e. The molecule has 0 aliphatic heterocycles. The quantitative estimate of drug-likeness (QED) is 0.584. The fourth-order valence-corrected chi connectivity index (χ4v) is 2.85. The number of pyridine rings is 1. The van der Waals surface area contributed by atoms with Crippen LogP contribution in [0, 0.1) is 11.6 Å². The van der Waals surface area contributed by atoms with Gasteiger partial charge in [0.2, 0.25) is 0 Å². The summed E-state index contributed by atoms with van der Waals surface area (Å²) in [6, 6.07) is 12.6. The van der Waals surface area contributed by atoms with Gasteiger partial charge in [0.25, 0.3) is 0 Å². The first-order valence-corrected chi connectivity index (χ1v) is 8.01. The van der Waals surface area contributed by atoms with E-state index in [2.05, 4.69) is 20.3 Å². The number of hydrogen-bond donors (Lipinski definition) is 1. The summed E-state index contributed by atoms with van der Waals surface area (Å²) >= 11 is 0. The molecule has 0 atom stereocenters. The fourth-order valence-electron chi connectivity index (χ4n) is 2.85. The van der Waals surface area contributed by atoms with Gasteiger partial charge < -0.3 is 5.32 Å². The van der Waals surface area contributed by atoms with Gasteiger partial charge in [-0.25, -0.2) is 18.7 Å². The van der Waals surface area contributed by atoms with Crippen LogP contribution in [0.3, 0.4) is 0 Å². The van der Waals surface area contributed by atoms with Crippen molar-refractivity contribution in [1.82, 2.24) is 15.0 Å². The Labute approximate surface area is 148 Å². The third kappa shape index (κ3) is 2.75. The van der Waals surface area contributed by atoms with Crippen molar-refractivity contribution < 1.29 is 8.78 Å². The van der Waals surface area contributed by atoms with Gasteiger partial charge in [-0.1, -0.05) is 18.2 Å². The molecule has 26 heavy (non-hydrogen) atoms. The lowest BCUT2D eigenvalue weighted by atomic mass is 10.0. The highest BCUT2D eigenvalue weighted by Gasteiger charge is 2.15. The number of hydrogen-bond acceptors (Lipinski definition) is 4. The van der Waals surface area contributed by atoms with E-state index in [1.807, 2.05) is 6.07 Å². The molecule has 0 radical (unpaired) electrons. The predicted molar refractivity (Wildman–Crippen MR) is 97.7 cm³/mol. The molecule has 0 amide bonds. The number of aromatic nitrogens is 3. The molecular weight excluding hydrogens is 334 g/mol. The Balaban J connectivity index is 1.96. The minimum atomic E-state index is -0.541. The van der Waals surface area contributed by atoms with Crippen molar-refractivity contribution in [2.45, 2.75) is 0 Å². The first-order valence-electron chi connectivity index (χ1n) is 8.01. The summed E-state index contributed by atoms with van der Waals surface area (Å²) in [5.74, 6) is -0.0513. The number of rotatable bonds is 3. The summed E-state index contributed by atoms with van der Waals surface area (Å²) < 4.78 is 28.8. The molecule has 0 saturated heterocycles. The van der Waals surface area contributed by atoms with Crippen LogP contribution in [0.15, 0.2) is 60.9 Å². The average Bonchev–Trinajstić information content (AvgIpc) is 2.68. The van der Waals surface area contributed by atoms with Crippen molar-refractivity contribution >= 4 is 16.7 Å². The van der Waals surface area contributed by atoms with Gasteiger partial charge in [0, 0.05) is 47.6 Å². The van der Waals surface area contributed by atoms with E-state index in [9.17, 15) is 8.78 Å². The number of benzene rings is 2. The van der Waals surface area contributed by atoms with E-state index in [4.69, 9.17) is 0 Å². The molecule has 0 saturated carbocycles. The van der Waals surface area contributed by atoms with Gasteiger partial charge in [-0.3, -0.25) is 4.98 Å². The number of nitrogens with one attached hydrogen (secondary N) is 1. The predicted octanol–water partition coefficient (Wildman–Crippen LogP) is 4.68. The van der Waals surface area contributed by atoms with Crippen LogP contribution >= 0.6 is 0 Å². The number of halogens is 2. The second-order valence-electron chi connectivity index (χ2n) is 5.72. The maximum Gasteiger partial charge on any atom is 0.163 e. The molecular formula is C20H14F2N4. The van der Waals surface area contributed by atoms with Crippen LogP contribution in [-0.4, -0.2) is 22.0 Å². The molecule has 0 aliphatic rings. The third-order valence-electron chi connectivity index (χ3n) is 4.11. The van der Waals surface area contributed by atoms with Gasteiger partial charge in [0.05, 0.1) is 5.52 Å². The summed E-state index contributed by atoms with van der Waals surface area (Å²) in [6.45, 7) is 0. The van der Waals surface area contributed by atoms with Crippen molar-refractivity contribution in [3.8, 4) is 22.5 Å². The summed E-state index contributed by atoms with van der Waals surface area (Å²) in [7, 11) is 1.72. The normalized spacial score (nSPS) is 10.9. The molecule has 1 N–H and O–H groups in total. The van der Waals surface area contributed by atoms with Crippen molar-refractivity contribution in [3.63, 3.8) is 0 Å². The lowest BCUT2D eigenvalue weighted by molar-refractivity contribution is 0.617. The Morgan fingerprint density at radius 3 is 2.46 bits per heavy atom. The summed E-state index contributed by atoms with van der Waals surface area (Å²) in [5, 5.41) is 3.62. The minimum Gasteiger partial charge on any atom is -0.373 e. The monoisotopic (exact) mass is 348 g/mol. The maximum atomic E-state index is 14.7. The summed E-state index contributed by atoms with van der Waals surface area (Å²) in [5.41, 5.74) is 1.53. The lowest BCUT2D eigenvalue weighted by Crippen LogP contribution is -2.00. The number of fused-ring (bicyclic) bond motifs is 1. The first kappa shape index (κ1) is 16.1. The lowest BCUT2D eigenvalue weighted by Gasteiger charge is -2.11. The fraction of sp³-hybridized carbons (Fsp3) is 0.0500. The molecule has 0 spiro atoms. The SMILES string of the molecule is CNc1nc(-c2cccnc2)nc2cc(F)c(-c3ccccc3F)cc12. The molecule has 4 aromatic rings. The standard InChI is InChI=1S/C20H14F2N4/c1-23-20-15-9-14(13-6-2-3-7-16(13)21)17(22)10-18(15)25-19(26-20)12-5-4-8-24-11-12/h2-11H,1H3,(H,23,25,26). The summed E-state index contributed by atoms with van der Waals surface area (Å²) in [4.78, 5) is 13.0. The summed E-state index contributed by atoms with van der Waals surface area (Å²) in [6.07, 6.45) is 3.30. The Morgan fingerprint density at radius 2 is 1.73 bits per heavy atom. The maximum absolute atomic E-state index is 14.7. The second kappa shape index (κ2) is 6.48. The highest BCUT2D eigenvalue weighted by molar-refractivity contribution is 5.94. The van der Waals surface area contributed by atoms with Gasteiger partial charge in [0.1, 0.15) is 17.5 Å². The van der Waals surface area contributed by atoms with Crippen LogP contribution < -0.4 is 5.32 Å². The molecule has 2 aromatic heterocycles. The van der Waals surface area contributed by atoms with E-state index in [-0.39, 0.29) is 11.1 Å². The Morgan fingerprint density at radius 1 is 0.885 bits per heavy atom. The molecule has 4 rings (SSSR count). The van der Waals surface area contributed by atoms with Crippen molar-refractivity contribution in [3.05, 3.63) is 72.6 Å². The highest BCUT2D eigenvalue weighted by Crippen LogP contribution is 2.32. The molecule has 6 heteroatoms. The second-order valence-corrected chi connectivity index (χ2v) is 5.72. The highest BCUT2D eigenvalue weighted by atomic mass is 19.1. The van der Waals surface area contributed by atoms with Gasteiger partial charge in [0.15, 0.2) is 5.82 Å². The number of nitrogens with zero attached hydrogens (tertiary/aromatic N) is 3. The van der Waals surface area contributed by atoms with Crippen molar-refractivity contribution in [1.29, 1.82) is 0 Å². The largest absolute Gasteiger partial charge is 0.373 e. The molecule has 0 fully saturated rings. The van der Waals surface area contributed by atoms with Crippen LogP contribution in [0.4, 0.5) is 14.6 Å². The molecule has 128 valence electrons. The van der Waals surface area contributed by atoms with E-state index in [1.54, 1.807) is 49.8 Å². The molecule has 0 unspecified atom stereocenters. The van der Waals surface area contributed by atoms with E-state index in [0.29, 0.717) is 22.5 Å².